The molecule has 0 aliphatic carbocycles. The van der Waals surface area contributed by atoms with Crippen LogP contribution in [0.15, 0.2) is 59.4 Å². The summed E-state index contributed by atoms with van der Waals surface area (Å²) >= 11 is 1.51. The minimum Gasteiger partial charge on any atom is -0.490 e. The van der Waals surface area contributed by atoms with E-state index in [1.165, 1.54) is 18.3 Å². The third-order valence-electron chi connectivity index (χ3n) is 3.75. The Morgan fingerprint density at radius 2 is 1.88 bits per heavy atom. The van der Waals surface area contributed by atoms with E-state index in [1.54, 1.807) is 18.2 Å². The third kappa shape index (κ3) is 3.76. The Morgan fingerprint density at radius 3 is 2.65 bits per heavy atom. The molecule has 6 heteroatoms. The summed E-state index contributed by atoms with van der Waals surface area (Å²) < 4.78 is 12.3. The van der Waals surface area contributed by atoms with Gasteiger partial charge in [0.1, 0.15) is 25.1 Å². The second-order valence-corrected chi connectivity index (χ2v) is 6.98. The van der Waals surface area contributed by atoms with Gasteiger partial charge in [-0.2, -0.15) is 0 Å². The first kappa shape index (κ1) is 18.1. The fourth-order valence-electron chi connectivity index (χ4n) is 2.47. The summed E-state index contributed by atoms with van der Waals surface area (Å²) in [5, 5.41) is 11.1. The van der Waals surface area contributed by atoms with Crippen molar-refractivity contribution >= 4 is 37.5 Å². The molecule has 2 aromatic carbocycles. The van der Waals surface area contributed by atoms with Gasteiger partial charge in [-0.25, -0.2) is 4.79 Å². The predicted octanol–water partition coefficient (Wildman–Crippen LogP) is 3.27. The van der Waals surface area contributed by atoms with Crippen molar-refractivity contribution in [1.29, 1.82) is 0 Å². The maximum Gasteiger partial charge on any atom is 0.333 e. The summed E-state index contributed by atoms with van der Waals surface area (Å²) in [5.41, 5.74) is 0.157. The highest BCUT2D eigenvalue weighted by atomic mass is 32.1. The van der Waals surface area contributed by atoms with Crippen LogP contribution in [0.25, 0.3) is 20.2 Å². The van der Waals surface area contributed by atoms with Gasteiger partial charge < -0.3 is 14.6 Å². The molecule has 26 heavy (non-hydrogen) atoms. The number of aliphatic hydroxyl groups is 1. The van der Waals surface area contributed by atoms with Crippen molar-refractivity contribution in [3.63, 3.8) is 0 Å². The van der Waals surface area contributed by atoms with Gasteiger partial charge in [-0.1, -0.05) is 24.8 Å². The monoisotopic (exact) mass is 370 g/mol. The number of carbonyl (C=O) groups excluding carboxylic acids is 1. The van der Waals surface area contributed by atoms with Crippen LogP contribution >= 0.6 is 11.3 Å². The number of ether oxygens (including phenoxy) is 2. The molecule has 0 aliphatic heterocycles. The fraction of sp³-hybridized carbons (Fsp3) is 0.200. The SMILES string of the molecule is C=C(C)C(=O)OCC(O)COc1cccc2sc3ccccc3c(=O)c12. The number of benzene rings is 2. The predicted molar refractivity (Wildman–Crippen MR) is 103 cm³/mol. The van der Waals surface area contributed by atoms with Gasteiger partial charge in [-0.15, -0.1) is 11.3 Å². The van der Waals surface area contributed by atoms with Crippen LogP contribution in [0.2, 0.25) is 0 Å². The molecule has 3 aromatic rings. The number of carbonyl (C=O) groups is 1. The van der Waals surface area contributed by atoms with Crippen molar-refractivity contribution in [1.82, 2.24) is 0 Å². The Balaban J connectivity index is 1.82. The lowest BCUT2D eigenvalue weighted by molar-refractivity contribution is -0.142. The summed E-state index contributed by atoms with van der Waals surface area (Å²) in [6.45, 7) is 4.70. The quantitative estimate of drug-likeness (QED) is 0.410. The van der Waals surface area contributed by atoms with E-state index >= 15 is 0 Å². The minimum atomic E-state index is -1.01. The number of rotatable bonds is 6. The fourth-order valence-corrected chi connectivity index (χ4v) is 3.56. The average Bonchev–Trinajstić information content (AvgIpc) is 2.64. The van der Waals surface area contributed by atoms with Crippen LogP contribution in [0.3, 0.4) is 0 Å². The van der Waals surface area contributed by atoms with Gasteiger partial charge in [-0.05, 0) is 31.2 Å². The van der Waals surface area contributed by atoms with E-state index in [2.05, 4.69) is 6.58 Å². The second kappa shape index (κ2) is 7.68. The van der Waals surface area contributed by atoms with Gasteiger partial charge in [0.15, 0.2) is 5.43 Å². The Hall–Kier alpha value is -2.70. The summed E-state index contributed by atoms with van der Waals surface area (Å²) in [6.07, 6.45) is -1.01. The van der Waals surface area contributed by atoms with E-state index < -0.39 is 12.1 Å². The number of hydrogen-bond donors (Lipinski definition) is 1. The first-order valence-corrected chi connectivity index (χ1v) is 8.87. The highest BCUT2D eigenvalue weighted by Crippen LogP contribution is 2.30. The summed E-state index contributed by atoms with van der Waals surface area (Å²) in [5.74, 6) is -0.163. The Bertz CT molecular complexity index is 1040. The molecule has 1 aromatic heterocycles. The lowest BCUT2D eigenvalue weighted by atomic mass is 10.1. The summed E-state index contributed by atoms with van der Waals surface area (Å²) in [7, 11) is 0. The molecular formula is C20H18O5S. The molecule has 0 bridgehead atoms. The number of aliphatic hydroxyl groups excluding tert-OH is 1. The lowest BCUT2D eigenvalue weighted by Crippen LogP contribution is -2.25. The first-order chi connectivity index (χ1) is 12.5. The molecule has 0 saturated carbocycles. The second-order valence-electron chi connectivity index (χ2n) is 5.90. The Morgan fingerprint density at radius 1 is 1.15 bits per heavy atom. The molecule has 5 nitrogen and oxygen atoms in total. The first-order valence-electron chi connectivity index (χ1n) is 8.05. The summed E-state index contributed by atoms with van der Waals surface area (Å²) in [6, 6.07) is 12.8. The van der Waals surface area contributed by atoms with Gasteiger partial charge in [-0.3, -0.25) is 4.79 Å². The molecule has 0 fully saturated rings. The molecule has 0 spiro atoms. The molecular weight excluding hydrogens is 352 g/mol. The van der Waals surface area contributed by atoms with Crippen molar-refractivity contribution in [2.45, 2.75) is 13.0 Å². The van der Waals surface area contributed by atoms with E-state index in [1.807, 2.05) is 24.3 Å². The van der Waals surface area contributed by atoms with Crippen molar-refractivity contribution in [3.05, 3.63) is 64.8 Å². The van der Waals surface area contributed by atoms with Crippen molar-refractivity contribution in [2.75, 3.05) is 13.2 Å². The van der Waals surface area contributed by atoms with Gasteiger partial charge >= 0.3 is 5.97 Å². The zero-order chi connectivity index (χ0) is 18.7. The van der Waals surface area contributed by atoms with Gasteiger partial charge in [0, 0.05) is 20.4 Å². The topological polar surface area (TPSA) is 72.8 Å². The number of fused-ring (bicyclic) bond motifs is 2. The normalized spacial score (nSPS) is 12.1. The average molecular weight is 370 g/mol. The molecule has 0 aliphatic rings. The van der Waals surface area contributed by atoms with Crippen LogP contribution in [-0.2, 0) is 9.53 Å². The number of esters is 1. The molecule has 1 unspecified atom stereocenters. The van der Waals surface area contributed by atoms with Crippen LogP contribution in [-0.4, -0.2) is 30.4 Å². The van der Waals surface area contributed by atoms with Gasteiger partial charge in [0.2, 0.25) is 0 Å². The maximum absolute atomic E-state index is 12.8. The van der Waals surface area contributed by atoms with Crippen LogP contribution in [0, 0.1) is 0 Å². The molecule has 0 radical (unpaired) electrons. The van der Waals surface area contributed by atoms with Gasteiger partial charge in [0.05, 0.1) is 5.39 Å². The van der Waals surface area contributed by atoms with Crippen LogP contribution in [0.4, 0.5) is 0 Å². The molecule has 1 atom stereocenters. The van der Waals surface area contributed by atoms with E-state index in [0.29, 0.717) is 16.5 Å². The molecule has 3 rings (SSSR count). The molecule has 134 valence electrons. The van der Waals surface area contributed by atoms with Gasteiger partial charge in [0.25, 0.3) is 0 Å². The molecule has 0 amide bonds. The molecule has 1 N–H and O–H groups in total. The van der Waals surface area contributed by atoms with Crippen molar-refractivity contribution in [3.8, 4) is 5.75 Å². The standard InChI is InChI=1S/C20H18O5S/c1-12(2)20(23)25-11-13(21)10-24-15-7-5-9-17-18(15)19(22)14-6-3-4-8-16(14)26-17/h3-9,13,21H,1,10-11H2,2H3. The minimum absolute atomic E-state index is 0.0977. The van der Waals surface area contributed by atoms with E-state index in [4.69, 9.17) is 9.47 Å². The zero-order valence-corrected chi connectivity index (χ0v) is 15.0. The highest BCUT2D eigenvalue weighted by molar-refractivity contribution is 7.24. The van der Waals surface area contributed by atoms with E-state index in [0.717, 1.165) is 9.40 Å². The zero-order valence-electron chi connectivity index (χ0n) is 14.2. The summed E-state index contributed by atoms with van der Waals surface area (Å²) in [4.78, 5) is 24.2. The number of hydrogen-bond acceptors (Lipinski definition) is 6. The largest absolute Gasteiger partial charge is 0.490 e. The van der Waals surface area contributed by atoms with Crippen LogP contribution < -0.4 is 10.2 Å². The Kier molecular flexibility index (Phi) is 5.35. The Labute approximate surface area is 154 Å². The smallest absolute Gasteiger partial charge is 0.333 e. The van der Waals surface area contributed by atoms with Crippen molar-refractivity contribution in [2.24, 2.45) is 0 Å². The van der Waals surface area contributed by atoms with Crippen LogP contribution in [0.1, 0.15) is 6.92 Å². The van der Waals surface area contributed by atoms with E-state index in [-0.39, 0.29) is 24.2 Å². The maximum atomic E-state index is 12.8. The van der Waals surface area contributed by atoms with Crippen molar-refractivity contribution < 1.29 is 19.4 Å². The third-order valence-corrected chi connectivity index (χ3v) is 4.89. The van der Waals surface area contributed by atoms with E-state index in [9.17, 15) is 14.7 Å². The molecule has 0 saturated heterocycles. The molecule has 1 heterocycles. The van der Waals surface area contributed by atoms with Crippen LogP contribution in [0.5, 0.6) is 5.75 Å². The highest BCUT2D eigenvalue weighted by Gasteiger charge is 2.14. The lowest BCUT2D eigenvalue weighted by Gasteiger charge is -2.14.